The summed E-state index contributed by atoms with van der Waals surface area (Å²) in [7, 11) is 0. The first kappa shape index (κ1) is 9.31. The molecule has 0 bridgehead atoms. The lowest BCUT2D eigenvalue weighted by atomic mass is 10.0. The van der Waals surface area contributed by atoms with Crippen LogP contribution in [0.5, 0.6) is 0 Å². The molecule has 0 radical (unpaired) electrons. The van der Waals surface area contributed by atoms with Gasteiger partial charge in [0.05, 0.1) is 0 Å². The maximum atomic E-state index is 10.3. The highest BCUT2D eigenvalue weighted by atomic mass is 32.2. The Bertz CT molecular complexity index is 450. The third kappa shape index (κ3) is 1.46. The summed E-state index contributed by atoms with van der Waals surface area (Å²) >= 11 is 1.78. The van der Waals surface area contributed by atoms with Crippen molar-refractivity contribution in [3.05, 3.63) is 36.1 Å². The number of fused-ring (bicyclic) bond motifs is 1. The van der Waals surface area contributed by atoms with Gasteiger partial charge in [-0.2, -0.15) is 11.8 Å². The third-order valence-electron chi connectivity index (χ3n) is 2.88. The van der Waals surface area contributed by atoms with Gasteiger partial charge in [0.15, 0.2) is 0 Å². The summed E-state index contributed by atoms with van der Waals surface area (Å²) in [6, 6.07) is 9.83. The summed E-state index contributed by atoms with van der Waals surface area (Å²) in [5.41, 5.74) is 0.113. The van der Waals surface area contributed by atoms with E-state index in [1.54, 1.807) is 11.8 Å². The summed E-state index contributed by atoms with van der Waals surface area (Å²) < 4.78 is 5.69. The molecule has 1 fully saturated rings. The van der Waals surface area contributed by atoms with Crippen LogP contribution in [0.2, 0.25) is 0 Å². The molecule has 1 atom stereocenters. The number of para-hydroxylation sites is 1. The van der Waals surface area contributed by atoms with Gasteiger partial charge in [-0.05, 0) is 24.3 Å². The average molecular weight is 220 g/mol. The van der Waals surface area contributed by atoms with E-state index >= 15 is 0 Å². The van der Waals surface area contributed by atoms with Gasteiger partial charge < -0.3 is 9.52 Å². The molecule has 1 aromatic heterocycles. The highest BCUT2D eigenvalue weighted by molar-refractivity contribution is 7.99. The summed E-state index contributed by atoms with van der Waals surface area (Å²) in [5, 5.41) is 11.4. The van der Waals surface area contributed by atoms with Crippen LogP contribution in [-0.4, -0.2) is 16.6 Å². The number of furan rings is 1. The van der Waals surface area contributed by atoms with Crippen LogP contribution >= 0.6 is 11.8 Å². The minimum atomic E-state index is -0.746. The Morgan fingerprint density at radius 1 is 1.33 bits per heavy atom. The molecule has 0 saturated carbocycles. The predicted molar refractivity (Wildman–Crippen MR) is 62.1 cm³/mol. The minimum absolute atomic E-state index is 0.716. The molecule has 3 rings (SSSR count). The van der Waals surface area contributed by atoms with Crippen molar-refractivity contribution < 1.29 is 9.52 Å². The first-order valence-corrected chi connectivity index (χ1v) is 6.23. The quantitative estimate of drug-likeness (QED) is 0.802. The zero-order valence-electron chi connectivity index (χ0n) is 8.27. The first-order valence-electron chi connectivity index (χ1n) is 5.07. The highest BCUT2D eigenvalue weighted by Gasteiger charge is 2.36. The van der Waals surface area contributed by atoms with Crippen molar-refractivity contribution in [1.82, 2.24) is 0 Å². The van der Waals surface area contributed by atoms with Crippen molar-refractivity contribution in [3.63, 3.8) is 0 Å². The molecule has 3 heteroatoms. The molecular formula is C12H12O2S. The van der Waals surface area contributed by atoms with Gasteiger partial charge in [0.1, 0.15) is 16.9 Å². The maximum Gasteiger partial charge on any atom is 0.137 e. The lowest BCUT2D eigenvalue weighted by Crippen LogP contribution is -2.23. The Morgan fingerprint density at radius 3 is 2.93 bits per heavy atom. The zero-order valence-corrected chi connectivity index (χ0v) is 9.09. The van der Waals surface area contributed by atoms with Gasteiger partial charge in [-0.15, -0.1) is 0 Å². The highest BCUT2D eigenvalue weighted by Crippen LogP contribution is 2.38. The van der Waals surface area contributed by atoms with Crippen molar-refractivity contribution in [1.29, 1.82) is 0 Å². The van der Waals surface area contributed by atoms with E-state index in [0.717, 1.165) is 28.9 Å². The zero-order chi connectivity index (χ0) is 10.3. The first-order chi connectivity index (χ1) is 7.28. The summed E-state index contributed by atoms with van der Waals surface area (Å²) in [4.78, 5) is 0. The van der Waals surface area contributed by atoms with E-state index in [0.29, 0.717) is 5.76 Å². The van der Waals surface area contributed by atoms with E-state index in [9.17, 15) is 5.11 Å². The van der Waals surface area contributed by atoms with Crippen LogP contribution in [-0.2, 0) is 5.60 Å². The standard InChI is InChI=1S/C12H12O2S/c13-12(5-6-15-8-12)11-7-9-3-1-2-4-10(9)14-11/h1-4,7,13H,5-6,8H2. The molecule has 2 heterocycles. The fraction of sp³-hybridized carbons (Fsp3) is 0.333. The van der Waals surface area contributed by atoms with Crippen molar-refractivity contribution in [2.24, 2.45) is 0 Å². The second-order valence-corrected chi connectivity index (χ2v) is 5.09. The van der Waals surface area contributed by atoms with Gasteiger partial charge in [0.25, 0.3) is 0 Å². The molecule has 1 unspecified atom stereocenters. The summed E-state index contributed by atoms with van der Waals surface area (Å²) in [6.07, 6.45) is 0.789. The molecule has 1 aromatic carbocycles. The summed E-state index contributed by atoms with van der Waals surface area (Å²) in [5.74, 6) is 2.47. The van der Waals surface area contributed by atoms with Crippen molar-refractivity contribution >= 4 is 22.7 Å². The van der Waals surface area contributed by atoms with Crippen LogP contribution in [0.25, 0.3) is 11.0 Å². The maximum absolute atomic E-state index is 10.3. The van der Waals surface area contributed by atoms with Gasteiger partial charge in [0.2, 0.25) is 0 Å². The van der Waals surface area contributed by atoms with Crippen molar-refractivity contribution in [2.75, 3.05) is 11.5 Å². The Kier molecular flexibility index (Phi) is 2.04. The normalized spacial score (nSPS) is 26.2. The van der Waals surface area contributed by atoms with E-state index in [1.807, 2.05) is 30.3 Å². The van der Waals surface area contributed by atoms with Gasteiger partial charge in [-0.1, -0.05) is 18.2 Å². The van der Waals surface area contributed by atoms with Crippen LogP contribution in [0.15, 0.2) is 34.7 Å². The van der Waals surface area contributed by atoms with E-state index in [-0.39, 0.29) is 0 Å². The van der Waals surface area contributed by atoms with Crippen molar-refractivity contribution in [2.45, 2.75) is 12.0 Å². The molecule has 78 valence electrons. The number of hydrogen-bond acceptors (Lipinski definition) is 3. The monoisotopic (exact) mass is 220 g/mol. The van der Waals surface area contributed by atoms with Crippen LogP contribution in [0.3, 0.4) is 0 Å². The van der Waals surface area contributed by atoms with Crippen LogP contribution in [0, 0.1) is 0 Å². The molecule has 15 heavy (non-hydrogen) atoms. The molecule has 2 nitrogen and oxygen atoms in total. The molecule has 1 aliphatic heterocycles. The molecule has 2 aromatic rings. The van der Waals surface area contributed by atoms with Gasteiger partial charge in [0, 0.05) is 11.1 Å². The van der Waals surface area contributed by atoms with Crippen LogP contribution in [0.1, 0.15) is 12.2 Å². The Hall–Kier alpha value is -0.930. The predicted octanol–water partition coefficient (Wildman–Crippen LogP) is 2.76. The van der Waals surface area contributed by atoms with Gasteiger partial charge in [-0.3, -0.25) is 0 Å². The van der Waals surface area contributed by atoms with Crippen LogP contribution in [0.4, 0.5) is 0 Å². The average Bonchev–Trinajstić information content (AvgIpc) is 2.84. The molecule has 1 saturated heterocycles. The fourth-order valence-corrected chi connectivity index (χ4v) is 3.21. The van der Waals surface area contributed by atoms with E-state index in [2.05, 4.69) is 0 Å². The Labute approximate surface area is 92.3 Å². The number of aliphatic hydroxyl groups is 1. The lowest BCUT2D eigenvalue weighted by Gasteiger charge is -2.17. The van der Waals surface area contributed by atoms with Crippen LogP contribution < -0.4 is 0 Å². The number of benzene rings is 1. The molecule has 0 spiro atoms. The van der Waals surface area contributed by atoms with E-state index in [1.165, 1.54) is 0 Å². The topological polar surface area (TPSA) is 33.4 Å². The molecule has 0 aliphatic carbocycles. The second kappa shape index (κ2) is 3.29. The second-order valence-electron chi connectivity index (χ2n) is 3.98. The van der Waals surface area contributed by atoms with E-state index in [4.69, 9.17) is 4.42 Å². The SMILES string of the molecule is OC1(c2cc3ccccc3o2)CCSC1. The number of rotatable bonds is 1. The fourth-order valence-electron chi connectivity index (χ4n) is 1.96. The smallest absolute Gasteiger partial charge is 0.137 e. The Balaban J connectivity index is 2.11. The van der Waals surface area contributed by atoms with Gasteiger partial charge in [-0.25, -0.2) is 0 Å². The Morgan fingerprint density at radius 2 is 2.20 bits per heavy atom. The third-order valence-corrected chi connectivity index (χ3v) is 4.06. The molecular weight excluding hydrogens is 208 g/mol. The summed E-state index contributed by atoms with van der Waals surface area (Å²) in [6.45, 7) is 0. The molecule has 1 aliphatic rings. The lowest BCUT2D eigenvalue weighted by molar-refractivity contribution is 0.0438. The molecule has 1 N–H and O–H groups in total. The largest absolute Gasteiger partial charge is 0.458 e. The number of hydrogen-bond donors (Lipinski definition) is 1. The molecule has 0 amide bonds. The van der Waals surface area contributed by atoms with E-state index < -0.39 is 5.60 Å². The minimum Gasteiger partial charge on any atom is -0.458 e. The number of thioether (sulfide) groups is 1. The van der Waals surface area contributed by atoms with Gasteiger partial charge >= 0.3 is 0 Å². The van der Waals surface area contributed by atoms with Crippen molar-refractivity contribution in [3.8, 4) is 0 Å².